The molecule has 1 amide bonds. The molecule has 6 nitrogen and oxygen atoms in total. The molecule has 3 N–H and O–H groups in total. The fourth-order valence-corrected chi connectivity index (χ4v) is 3.19. The summed E-state index contributed by atoms with van der Waals surface area (Å²) in [5, 5.41) is 2.38. The summed E-state index contributed by atoms with van der Waals surface area (Å²) in [6.45, 7) is 3.27. The van der Waals surface area contributed by atoms with Crippen LogP contribution in [0.15, 0.2) is 17.0 Å². The molecule has 106 valence electrons. The number of nitrogen functional groups attached to an aromatic ring is 1. The number of hydrogen-bond acceptors (Lipinski definition) is 4. The summed E-state index contributed by atoms with van der Waals surface area (Å²) in [5.41, 5.74) is 7.39. The minimum Gasteiger partial charge on any atom is -0.398 e. The Morgan fingerprint density at radius 3 is 2.47 bits per heavy atom. The van der Waals surface area contributed by atoms with Gasteiger partial charge in [-0.25, -0.2) is 8.42 Å². The molecular weight excluding hydrogens is 266 g/mol. The van der Waals surface area contributed by atoms with Gasteiger partial charge in [0.1, 0.15) is 4.90 Å². The van der Waals surface area contributed by atoms with Crippen LogP contribution in [0.4, 0.5) is 5.69 Å². The van der Waals surface area contributed by atoms with Crippen molar-refractivity contribution >= 4 is 21.6 Å². The molecule has 0 atom stereocenters. The van der Waals surface area contributed by atoms with Crippen LogP contribution >= 0.6 is 0 Å². The lowest BCUT2D eigenvalue weighted by atomic mass is 10.1. The molecule has 0 heterocycles. The number of carbonyl (C=O) groups is 1. The normalized spacial score (nSPS) is 11.6. The Morgan fingerprint density at radius 2 is 1.95 bits per heavy atom. The maximum Gasteiger partial charge on any atom is 0.245 e. The average Bonchev–Trinajstić information content (AvgIpc) is 2.33. The van der Waals surface area contributed by atoms with Crippen molar-refractivity contribution < 1.29 is 13.2 Å². The Hall–Kier alpha value is -1.60. The highest BCUT2D eigenvalue weighted by atomic mass is 32.2. The van der Waals surface area contributed by atoms with E-state index >= 15 is 0 Å². The van der Waals surface area contributed by atoms with Crippen LogP contribution in [0.1, 0.15) is 11.1 Å². The molecule has 1 rings (SSSR count). The van der Waals surface area contributed by atoms with Crippen molar-refractivity contribution in [1.82, 2.24) is 9.62 Å². The standard InChI is InChI=1S/C12H19N3O3S/c1-8-5-6-10(13)12(9(8)2)19(17,18)15(4)7-11(16)14-3/h5-6H,7,13H2,1-4H3,(H,14,16). The molecule has 19 heavy (non-hydrogen) atoms. The molecule has 7 heteroatoms. The first-order valence-electron chi connectivity index (χ1n) is 5.74. The zero-order valence-corrected chi connectivity index (χ0v) is 12.3. The highest BCUT2D eigenvalue weighted by Gasteiger charge is 2.27. The maximum atomic E-state index is 12.4. The van der Waals surface area contributed by atoms with E-state index in [-0.39, 0.29) is 23.0 Å². The minimum atomic E-state index is -3.78. The Balaban J connectivity index is 3.28. The summed E-state index contributed by atoms with van der Waals surface area (Å²) < 4.78 is 25.9. The van der Waals surface area contributed by atoms with Gasteiger partial charge in [0, 0.05) is 14.1 Å². The van der Waals surface area contributed by atoms with Crippen molar-refractivity contribution in [2.45, 2.75) is 18.7 Å². The van der Waals surface area contributed by atoms with Gasteiger partial charge in [-0.1, -0.05) is 6.07 Å². The number of nitrogens with one attached hydrogen (secondary N) is 1. The summed E-state index contributed by atoms with van der Waals surface area (Å²) in [5.74, 6) is -0.380. The number of hydrogen-bond donors (Lipinski definition) is 2. The van der Waals surface area contributed by atoms with Crippen LogP contribution in [0.5, 0.6) is 0 Å². The lowest BCUT2D eigenvalue weighted by Gasteiger charge is -2.19. The van der Waals surface area contributed by atoms with E-state index in [4.69, 9.17) is 5.73 Å². The average molecular weight is 285 g/mol. The van der Waals surface area contributed by atoms with Crippen molar-refractivity contribution in [3.63, 3.8) is 0 Å². The zero-order chi connectivity index (χ0) is 14.8. The second-order valence-electron chi connectivity index (χ2n) is 4.36. The predicted octanol–water partition coefficient (Wildman–Crippen LogP) is 0.252. The van der Waals surface area contributed by atoms with Crippen molar-refractivity contribution in [1.29, 1.82) is 0 Å². The molecule has 0 saturated carbocycles. The van der Waals surface area contributed by atoms with E-state index in [2.05, 4.69) is 5.32 Å². The lowest BCUT2D eigenvalue weighted by Crippen LogP contribution is -2.37. The highest BCUT2D eigenvalue weighted by Crippen LogP contribution is 2.27. The Bertz CT molecular complexity index is 596. The monoisotopic (exact) mass is 285 g/mol. The second kappa shape index (κ2) is 5.58. The fourth-order valence-electron chi connectivity index (χ4n) is 1.68. The molecule has 0 saturated heterocycles. The topological polar surface area (TPSA) is 92.5 Å². The fraction of sp³-hybridized carbons (Fsp3) is 0.417. The van der Waals surface area contributed by atoms with E-state index in [1.165, 1.54) is 14.1 Å². The first kappa shape index (κ1) is 15.5. The largest absolute Gasteiger partial charge is 0.398 e. The van der Waals surface area contributed by atoms with Gasteiger partial charge in [-0.05, 0) is 31.0 Å². The van der Waals surface area contributed by atoms with E-state index in [9.17, 15) is 13.2 Å². The molecular formula is C12H19N3O3S. The van der Waals surface area contributed by atoms with Crippen LogP contribution in [0.2, 0.25) is 0 Å². The van der Waals surface area contributed by atoms with Crippen molar-refractivity contribution in [3.8, 4) is 0 Å². The number of sulfonamides is 1. The van der Waals surface area contributed by atoms with Crippen molar-refractivity contribution in [3.05, 3.63) is 23.3 Å². The molecule has 0 aliphatic rings. The summed E-state index contributed by atoms with van der Waals surface area (Å²) in [6, 6.07) is 3.32. The van der Waals surface area contributed by atoms with Crippen LogP contribution in [0.25, 0.3) is 0 Å². The first-order chi connectivity index (χ1) is 8.71. The Labute approximate surface area is 113 Å². The van der Waals surface area contributed by atoms with Gasteiger partial charge in [-0.15, -0.1) is 0 Å². The van der Waals surface area contributed by atoms with E-state index in [1.807, 2.05) is 6.92 Å². The molecule has 0 radical (unpaired) electrons. The summed E-state index contributed by atoms with van der Waals surface area (Å²) in [6.07, 6.45) is 0. The molecule has 0 aromatic heterocycles. The number of carbonyl (C=O) groups excluding carboxylic acids is 1. The lowest BCUT2D eigenvalue weighted by molar-refractivity contribution is -0.120. The number of nitrogens with zero attached hydrogens (tertiary/aromatic N) is 1. The van der Waals surface area contributed by atoms with Gasteiger partial charge in [0.15, 0.2) is 0 Å². The molecule has 0 unspecified atom stereocenters. The number of nitrogens with two attached hydrogens (primary N) is 1. The van der Waals surface area contributed by atoms with Crippen LogP contribution in [0, 0.1) is 13.8 Å². The summed E-state index contributed by atoms with van der Waals surface area (Å²) >= 11 is 0. The third-order valence-electron chi connectivity index (χ3n) is 3.02. The van der Waals surface area contributed by atoms with Crippen molar-refractivity contribution in [2.24, 2.45) is 0 Å². The third kappa shape index (κ3) is 3.05. The van der Waals surface area contributed by atoms with E-state index in [1.54, 1.807) is 19.1 Å². The second-order valence-corrected chi connectivity index (χ2v) is 6.34. The minimum absolute atomic E-state index is 0.0684. The number of rotatable bonds is 4. The molecule has 1 aromatic rings. The molecule has 0 bridgehead atoms. The number of benzene rings is 1. The predicted molar refractivity (Wildman–Crippen MR) is 74.2 cm³/mol. The zero-order valence-electron chi connectivity index (χ0n) is 11.5. The number of aryl methyl sites for hydroxylation is 1. The van der Waals surface area contributed by atoms with Crippen LogP contribution in [-0.4, -0.2) is 39.3 Å². The smallest absolute Gasteiger partial charge is 0.245 e. The molecule has 0 aliphatic heterocycles. The summed E-state index contributed by atoms with van der Waals surface area (Å²) in [4.78, 5) is 11.4. The quantitative estimate of drug-likeness (QED) is 0.776. The van der Waals surface area contributed by atoms with Gasteiger partial charge < -0.3 is 11.1 Å². The SMILES string of the molecule is CNC(=O)CN(C)S(=O)(=O)c1c(N)ccc(C)c1C. The number of anilines is 1. The van der Waals surface area contributed by atoms with Gasteiger partial charge in [-0.2, -0.15) is 4.31 Å². The van der Waals surface area contributed by atoms with Crippen LogP contribution < -0.4 is 11.1 Å². The molecule has 0 aliphatic carbocycles. The van der Waals surface area contributed by atoms with E-state index < -0.39 is 10.0 Å². The molecule has 0 spiro atoms. The van der Waals surface area contributed by atoms with E-state index in [0.29, 0.717) is 5.56 Å². The number of likely N-dealkylation sites (N-methyl/N-ethyl adjacent to an activating group) is 2. The van der Waals surface area contributed by atoms with Crippen LogP contribution in [-0.2, 0) is 14.8 Å². The Morgan fingerprint density at radius 1 is 1.37 bits per heavy atom. The van der Waals surface area contributed by atoms with Crippen molar-refractivity contribution in [2.75, 3.05) is 26.4 Å². The third-order valence-corrected chi connectivity index (χ3v) is 5.03. The molecule has 1 aromatic carbocycles. The van der Waals surface area contributed by atoms with Gasteiger partial charge in [0.25, 0.3) is 0 Å². The maximum absolute atomic E-state index is 12.4. The highest BCUT2D eigenvalue weighted by molar-refractivity contribution is 7.89. The first-order valence-corrected chi connectivity index (χ1v) is 7.18. The van der Waals surface area contributed by atoms with Gasteiger partial charge >= 0.3 is 0 Å². The van der Waals surface area contributed by atoms with E-state index in [0.717, 1.165) is 9.87 Å². The van der Waals surface area contributed by atoms with Crippen LogP contribution in [0.3, 0.4) is 0 Å². The summed E-state index contributed by atoms with van der Waals surface area (Å²) in [7, 11) is -0.974. The Kier molecular flexibility index (Phi) is 4.54. The van der Waals surface area contributed by atoms with Gasteiger partial charge in [0.2, 0.25) is 15.9 Å². The van der Waals surface area contributed by atoms with Gasteiger partial charge in [-0.3, -0.25) is 4.79 Å². The molecule has 0 fully saturated rings. The number of amides is 1. The van der Waals surface area contributed by atoms with Gasteiger partial charge in [0.05, 0.1) is 12.2 Å².